The largest absolute Gasteiger partial charge is 0.369 e. The van der Waals surface area contributed by atoms with E-state index in [0.29, 0.717) is 11.0 Å². The fourth-order valence-corrected chi connectivity index (χ4v) is 1.59. The van der Waals surface area contributed by atoms with Gasteiger partial charge in [0.1, 0.15) is 0 Å². The fraction of sp³-hybridized carbons (Fsp3) is 0.300. The summed E-state index contributed by atoms with van der Waals surface area (Å²) in [5.41, 5.74) is 7.91. The maximum atomic E-state index is 12.3. The van der Waals surface area contributed by atoms with Crippen molar-refractivity contribution in [1.29, 1.82) is 0 Å². The highest BCUT2D eigenvalue weighted by Gasteiger charge is 2.12. The van der Waals surface area contributed by atoms with Gasteiger partial charge in [0, 0.05) is 0 Å². The molecule has 3 nitrogen and oxygen atoms in total. The van der Waals surface area contributed by atoms with Crippen LogP contribution in [0.1, 0.15) is 5.56 Å². The lowest BCUT2D eigenvalue weighted by Crippen LogP contribution is -2.09. The lowest BCUT2D eigenvalue weighted by Gasteiger charge is -2.04. The molecule has 0 unspecified atom stereocenters. The number of aryl methyl sites for hydroxylation is 1. The van der Waals surface area contributed by atoms with Gasteiger partial charge in [-0.25, -0.2) is 13.8 Å². The second-order valence-corrected chi connectivity index (χ2v) is 3.46. The van der Waals surface area contributed by atoms with Gasteiger partial charge in [0.15, 0.2) is 0 Å². The Balaban J connectivity index is 2.58. The van der Waals surface area contributed by atoms with Crippen LogP contribution in [0.5, 0.6) is 0 Å². The monoisotopic (exact) mass is 211 g/mol. The first kappa shape index (κ1) is 9.89. The van der Waals surface area contributed by atoms with Crippen molar-refractivity contribution in [2.24, 2.45) is 0 Å². The SMILES string of the molecule is Cc1ccc2c(c1)nc(N)n2CC(F)F. The number of benzene rings is 1. The highest BCUT2D eigenvalue weighted by Crippen LogP contribution is 2.20. The topological polar surface area (TPSA) is 43.8 Å². The van der Waals surface area contributed by atoms with E-state index in [1.807, 2.05) is 19.1 Å². The molecule has 0 aliphatic carbocycles. The van der Waals surface area contributed by atoms with E-state index in [-0.39, 0.29) is 5.95 Å². The Bertz CT molecular complexity index is 491. The van der Waals surface area contributed by atoms with Gasteiger partial charge in [-0.15, -0.1) is 0 Å². The molecule has 0 amide bonds. The highest BCUT2D eigenvalue weighted by molar-refractivity contribution is 5.79. The van der Waals surface area contributed by atoms with Crippen molar-refractivity contribution in [3.8, 4) is 0 Å². The van der Waals surface area contributed by atoms with Crippen LogP contribution in [0.25, 0.3) is 11.0 Å². The first-order valence-corrected chi connectivity index (χ1v) is 4.58. The van der Waals surface area contributed by atoms with Gasteiger partial charge in [-0.2, -0.15) is 0 Å². The molecule has 0 fully saturated rings. The van der Waals surface area contributed by atoms with Crippen LogP contribution in [0.2, 0.25) is 0 Å². The summed E-state index contributed by atoms with van der Waals surface area (Å²) < 4.78 is 25.9. The first-order valence-electron chi connectivity index (χ1n) is 4.58. The molecule has 80 valence electrons. The molecule has 2 rings (SSSR count). The molecule has 2 aromatic rings. The minimum Gasteiger partial charge on any atom is -0.369 e. The van der Waals surface area contributed by atoms with Gasteiger partial charge < -0.3 is 10.3 Å². The summed E-state index contributed by atoms with van der Waals surface area (Å²) in [6, 6.07) is 5.44. The average Bonchev–Trinajstić information content (AvgIpc) is 2.41. The second-order valence-electron chi connectivity index (χ2n) is 3.46. The van der Waals surface area contributed by atoms with Gasteiger partial charge in [0.2, 0.25) is 5.95 Å². The van der Waals surface area contributed by atoms with Gasteiger partial charge >= 0.3 is 0 Å². The van der Waals surface area contributed by atoms with Crippen molar-refractivity contribution in [1.82, 2.24) is 9.55 Å². The molecule has 0 spiro atoms. The molecule has 0 saturated carbocycles. The number of nitrogen functional groups attached to an aromatic ring is 1. The van der Waals surface area contributed by atoms with Crippen molar-refractivity contribution in [2.45, 2.75) is 19.9 Å². The van der Waals surface area contributed by atoms with Crippen LogP contribution < -0.4 is 5.73 Å². The van der Waals surface area contributed by atoms with Crippen molar-refractivity contribution in [3.63, 3.8) is 0 Å². The Morgan fingerprint density at radius 2 is 2.20 bits per heavy atom. The number of imidazole rings is 1. The van der Waals surface area contributed by atoms with E-state index in [1.165, 1.54) is 4.57 Å². The molecule has 0 radical (unpaired) electrons. The molecule has 1 aromatic carbocycles. The molecule has 2 N–H and O–H groups in total. The van der Waals surface area contributed by atoms with Gasteiger partial charge in [-0.05, 0) is 24.6 Å². The Labute approximate surface area is 85.5 Å². The van der Waals surface area contributed by atoms with Crippen LogP contribution in [-0.2, 0) is 6.54 Å². The van der Waals surface area contributed by atoms with Crippen LogP contribution in [0.15, 0.2) is 18.2 Å². The zero-order valence-corrected chi connectivity index (χ0v) is 8.24. The third kappa shape index (κ3) is 1.77. The first-order chi connectivity index (χ1) is 7.08. The summed E-state index contributed by atoms with van der Waals surface area (Å²) in [6.07, 6.45) is -2.42. The smallest absolute Gasteiger partial charge is 0.256 e. The molecular weight excluding hydrogens is 200 g/mol. The number of fused-ring (bicyclic) bond motifs is 1. The second kappa shape index (κ2) is 3.49. The average molecular weight is 211 g/mol. The summed E-state index contributed by atoms with van der Waals surface area (Å²) in [5, 5.41) is 0. The summed E-state index contributed by atoms with van der Waals surface area (Å²) in [4.78, 5) is 4.03. The van der Waals surface area contributed by atoms with E-state index < -0.39 is 13.0 Å². The fourth-order valence-electron chi connectivity index (χ4n) is 1.59. The van der Waals surface area contributed by atoms with Crippen LogP contribution in [0.4, 0.5) is 14.7 Å². The Kier molecular flexibility index (Phi) is 2.30. The van der Waals surface area contributed by atoms with Crippen molar-refractivity contribution in [2.75, 3.05) is 5.73 Å². The summed E-state index contributed by atoms with van der Waals surface area (Å²) in [6.45, 7) is 1.51. The van der Waals surface area contributed by atoms with Crippen LogP contribution >= 0.6 is 0 Å². The summed E-state index contributed by atoms with van der Waals surface area (Å²) >= 11 is 0. The molecule has 0 aliphatic heterocycles. The van der Waals surface area contributed by atoms with E-state index in [4.69, 9.17) is 5.73 Å². The maximum absolute atomic E-state index is 12.3. The van der Waals surface area contributed by atoms with E-state index in [0.717, 1.165) is 5.56 Å². The predicted octanol–water partition coefficient (Wildman–Crippen LogP) is 2.19. The normalized spacial score (nSPS) is 11.5. The quantitative estimate of drug-likeness (QED) is 0.827. The molecule has 0 aliphatic rings. The molecule has 5 heteroatoms. The van der Waals surface area contributed by atoms with Crippen molar-refractivity contribution >= 4 is 17.0 Å². The molecular formula is C10H11F2N3. The van der Waals surface area contributed by atoms with E-state index >= 15 is 0 Å². The summed E-state index contributed by atoms with van der Waals surface area (Å²) in [5.74, 6) is 0.135. The van der Waals surface area contributed by atoms with E-state index in [9.17, 15) is 8.78 Å². The van der Waals surface area contributed by atoms with Gasteiger partial charge in [-0.3, -0.25) is 0 Å². The molecule has 0 bridgehead atoms. The maximum Gasteiger partial charge on any atom is 0.256 e. The van der Waals surface area contributed by atoms with E-state index in [1.54, 1.807) is 6.07 Å². The number of aromatic nitrogens is 2. The third-order valence-corrected chi connectivity index (χ3v) is 2.25. The number of alkyl halides is 2. The number of halogens is 2. The number of hydrogen-bond donors (Lipinski definition) is 1. The predicted molar refractivity (Wildman–Crippen MR) is 54.9 cm³/mol. The van der Waals surface area contributed by atoms with Crippen LogP contribution in [0.3, 0.4) is 0 Å². The highest BCUT2D eigenvalue weighted by atomic mass is 19.3. The van der Waals surface area contributed by atoms with Gasteiger partial charge in [0.25, 0.3) is 6.43 Å². The van der Waals surface area contributed by atoms with Crippen LogP contribution in [-0.4, -0.2) is 16.0 Å². The number of rotatable bonds is 2. The lowest BCUT2D eigenvalue weighted by molar-refractivity contribution is 0.128. The van der Waals surface area contributed by atoms with E-state index in [2.05, 4.69) is 4.98 Å². The van der Waals surface area contributed by atoms with Crippen LogP contribution in [0, 0.1) is 6.92 Å². The minimum absolute atomic E-state index is 0.135. The number of nitrogens with zero attached hydrogens (tertiary/aromatic N) is 2. The molecule has 15 heavy (non-hydrogen) atoms. The number of nitrogens with two attached hydrogens (primary N) is 1. The lowest BCUT2D eigenvalue weighted by atomic mass is 10.2. The van der Waals surface area contributed by atoms with Crippen molar-refractivity contribution in [3.05, 3.63) is 23.8 Å². The third-order valence-electron chi connectivity index (χ3n) is 2.25. The Morgan fingerprint density at radius 1 is 1.47 bits per heavy atom. The molecule has 0 atom stereocenters. The Hall–Kier alpha value is -1.65. The number of hydrogen-bond acceptors (Lipinski definition) is 2. The van der Waals surface area contributed by atoms with Crippen molar-refractivity contribution < 1.29 is 8.78 Å². The van der Waals surface area contributed by atoms with Gasteiger partial charge in [-0.1, -0.05) is 6.07 Å². The molecule has 0 saturated heterocycles. The molecule has 1 heterocycles. The number of anilines is 1. The zero-order valence-electron chi connectivity index (χ0n) is 8.24. The Morgan fingerprint density at radius 3 is 2.87 bits per heavy atom. The molecule has 1 aromatic heterocycles. The van der Waals surface area contributed by atoms with Gasteiger partial charge in [0.05, 0.1) is 17.6 Å². The minimum atomic E-state index is -2.42. The summed E-state index contributed by atoms with van der Waals surface area (Å²) in [7, 11) is 0. The standard InChI is InChI=1S/C10H11F2N3/c1-6-2-3-8-7(4-6)14-10(13)15(8)5-9(11)12/h2-4,9H,5H2,1H3,(H2,13,14). The zero-order chi connectivity index (χ0) is 11.0.